The van der Waals surface area contributed by atoms with Crippen LogP contribution in [-0.2, 0) is 0 Å². The Balaban J connectivity index is 1.80. The molecule has 2 atom stereocenters. The summed E-state index contributed by atoms with van der Waals surface area (Å²) in [6.45, 7) is 9.06. The van der Waals surface area contributed by atoms with Gasteiger partial charge in [0.25, 0.3) is 6.29 Å². The van der Waals surface area contributed by atoms with E-state index >= 15 is 0 Å². The molecular weight excluding hydrogens is 332 g/mol. The molecule has 0 saturated carbocycles. The smallest absolute Gasteiger partial charge is 0.267 e. The zero-order chi connectivity index (χ0) is 19.3. The summed E-state index contributed by atoms with van der Waals surface area (Å²) in [6, 6.07) is 28.1. The highest BCUT2D eigenvalue weighted by atomic mass is 16.7. The molecular formula is C25H28O2. The fraction of sp³-hybridized carbons (Fsp3) is 0.280. The highest BCUT2D eigenvalue weighted by Gasteiger charge is 2.22. The SMILES string of the molecule is CC(c1ccc(OC(Oc2ccccc2)c2ccccc2)cc1)C(C)(C)C. The summed E-state index contributed by atoms with van der Waals surface area (Å²) in [7, 11) is 0. The zero-order valence-electron chi connectivity index (χ0n) is 16.6. The Morgan fingerprint density at radius 3 is 1.59 bits per heavy atom. The molecule has 0 aliphatic heterocycles. The van der Waals surface area contributed by atoms with Gasteiger partial charge in [-0.2, -0.15) is 0 Å². The maximum Gasteiger partial charge on any atom is 0.267 e. The number of rotatable bonds is 6. The van der Waals surface area contributed by atoms with Crippen molar-refractivity contribution in [2.24, 2.45) is 5.41 Å². The van der Waals surface area contributed by atoms with E-state index in [4.69, 9.17) is 9.47 Å². The first-order chi connectivity index (χ1) is 12.9. The Hall–Kier alpha value is -2.74. The summed E-state index contributed by atoms with van der Waals surface area (Å²) in [6.07, 6.45) is -0.500. The second-order valence-electron chi connectivity index (χ2n) is 7.95. The minimum Gasteiger partial charge on any atom is -0.451 e. The normalized spacial score (nSPS) is 13.6. The predicted molar refractivity (Wildman–Crippen MR) is 111 cm³/mol. The van der Waals surface area contributed by atoms with Gasteiger partial charge in [-0.05, 0) is 41.2 Å². The lowest BCUT2D eigenvalue weighted by Gasteiger charge is -2.28. The van der Waals surface area contributed by atoms with E-state index in [1.165, 1.54) is 5.56 Å². The summed E-state index contributed by atoms with van der Waals surface area (Å²) >= 11 is 0. The van der Waals surface area contributed by atoms with E-state index in [9.17, 15) is 0 Å². The monoisotopic (exact) mass is 360 g/mol. The molecule has 0 saturated heterocycles. The standard InChI is InChI=1S/C25H28O2/c1-19(25(2,3)4)20-15-17-23(18-16-20)27-24(21-11-7-5-8-12-21)26-22-13-9-6-10-14-22/h5-19,24H,1-4H3. The van der Waals surface area contributed by atoms with Crippen LogP contribution in [0.3, 0.4) is 0 Å². The van der Waals surface area contributed by atoms with Gasteiger partial charge in [0.1, 0.15) is 11.5 Å². The summed E-state index contributed by atoms with van der Waals surface area (Å²) < 4.78 is 12.3. The summed E-state index contributed by atoms with van der Waals surface area (Å²) in [5, 5.41) is 0. The lowest BCUT2D eigenvalue weighted by molar-refractivity contribution is 0.00379. The van der Waals surface area contributed by atoms with Crippen LogP contribution in [0.15, 0.2) is 84.9 Å². The van der Waals surface area contributed by atoms with E-state index in [-0.39, 0.29) is 5.41 Å². The number of hydrogen-bond acceptors (Lipinski definition) is 2. The molecule has 3 aromatic carbocycles. The number of benzene rings is 3. The molecule has 0 fully saturated rings. The molecule has 0 aromatic heterocycles. The van der Waals surface area contributed by atoms with Gasteiger partial charge in [-0.1, -0.05) is 88.4 Å². The van der Waals surface area contributed by atoms with E-state index in [0.29, 0.717) is 5.92 Å². The molecule has 2 unspecified atom stereocenters. The van der Waals surface area contributed by atoms with Crippen LogP contribution in [0.5, 0.6) is 11.5 Å². The van der Waals surface area contributed by atoms with Crippen LogP contribution >= 0.6 is 0 Å². The summed E-state index contributed by atoms with van der Waals surface area (Å²) in [5.41, 5.74) is 2.52. The Labute approximate surface area is 162 Å². The second kappa shape index (κ2) is 8.30. The molecule has 0 heterocycles. The van der Waals surface area contributed by atoms with Gasteiger partial charge in [0, 0.05) is 5.56 Å². The van der Waals surface area contributed by atoms with Crippen molar-refractivity contribution in [1.82, 2.24) is 0 Å². The Bertz CT molecular complexity index is 818. The average molecular weight is 360 g/mol. The third kappa shape index (κ3) is 5.13. The van der Waals surface area contributed by atoms with Crippen LogP contribution in [0.2, 0.25) is 0 Å². The number of hydrogen-bond donors (Lipinski definition) is 0. The van der Waals surface area contributed by atoms with Crippen LogP contribution in [-0.4, -0.2) is 0 Å². The molecule has 0 aliphatic rings. The van der Waals surface area contributed by atoms with E-state index in [1.807, 2.05) is 72.8 Å². The predicted octanol–water partition coefficient (Wildman–Crippen LogP) is 6.99. The van der Waals surface area contributed by atoms with E-state index in [2.05, 4.69) is 39.8 Å². The maximum atomic E-state index is 6.20. The van der Waals surface area contributed by atoms with Gasteiger partial charge in [0.15, 0.2) is 0 Å². The van der Waals surface area contributed by atoms with Crippen LogP contribution in [0.1, 0.15) is 51.0 Å². The van der Waals surface area contributed by atoms with Gasteiger partial charge in [-0.25, -0.2) is 0 Å². The number of para-hydroxylation sites is 1. The quantitative estimate of drug-likeness (QED) is 0.441. The van der Waals surface area contributed by atoms with Gasteiger partial charge < -0.3 is 9.47 Å². The molecule has 3 rings (SSSR count). The zero-order valence-corrected chi connectivity index (χ0v) is 16.6. The van der Waals surface area contributed by atoms with Crippen LogP contribution < -0.4 is 9.47 Å². The molecule has 0 spiro atoms. The fourth-order valence-corrected chi connectivity index (χ4v) is 2.85. The van der Waals surface area contributed by atoms with Gasteiger partial charge >= 0.3 is 0 Å². The van der Waals surface area contributed by atoms with Crippen molar-refractivity contribution < 1.29 is 9.47 Å². The summed E-state index contributed by atoms with van der Waals surface area (Å²) in [5.74, 6) is 2.05. The van der Waals surface area contributed by atoms with E-state index in [1.54, 1.807) is 0 Å². The third-order valence-electron chi connectivity index (χ3n) is 4.98. The van der Waals surface area contributed by atoms with Crippen molar-refractivity contribution in [2.75, 3.05) is 0 Å². The van der Waals surface area contributed by atoms with Crippen LogP contribution in [0.25, 0.3) is 0 Å². The highest BCUT2D eigenvalue weighted by molar-refractivity contribution is 5.31. The molecule has 2 heteroatoms. The van der Waals surface area contributed by atoms with Crippen LogP contribution in [0.4, 0.5) is 0 Å². The molecule has 0 bridgehead atoms. The van der Waals surface area contributed by atoms with Gasteiger partial charge in [0.2, 0.25) is 0 Å². The van der Waals surface area contributed by atoms with Crippen molar-refractivity contribution in [3.63, 3.8) is 0 Å². The highest BCUT2D eigenvalue weighted by Crippen LogP contribution is 2.35. The molecule has 140 valence electrons. The van der Waals surface area contributed by atoms with E-state index < -0.39 is 6.29 Å². The average Bonchev–Trinajstić information content (AvgIpc) is 2.68. The minimum atomic E-state index is -0.500. The van der Waals surface area contributed by atoms with Gasteiger partial charge in [0.05, 0.1) is 0 Å². The Kier molecular flexibility index (Phi) is 5.85. The van der Waals surface area contributed by atoms with Crippen molar-refractivity contribution in [2.45, 2.75) is 39.9 Å². The maximum absolute atomic E-state index is 6.20. The molecule has 2 nitrogen and oxygen atoms in total. The van der Waals surface area contributed by atoms with Crippen LogP contribution in [0, 0.1) is 5.41 Å². The van der Waals surface area contributed by atoms with Crippen molar-refractivity contribution in [1.29, 1.82) is 0 Å². The second-order valence-corrected chi connectivity index (χ2v) is 7.95. The minimum absolute atomic E-state index is 0.228. The first kappa shape index (κ1) is 19.0. The topological polar surface area (TPSA) is 18.5 Å². The third-order valence-corrected chi connectivity index (χ3v) is 4.98. The van der Waals surface area contributed by atoms with Gasteiger partial charge in [-0.3, -0.25) is 0 Å². The van der Waals surface area contributed by atoms with Crippen molar-refractivity contribution >= 4 is 0 Å². The molecule has 27 heavy (non-hydrogen) atoms. The lowest BCUT2D eigenvalue weighted by Crippen LogP contribution is -2.16. The molecule has 0 amide bonds. The Morgan fingerprint density at radius 2 is 1.07 bits per heavy atom. The van der Waals surface area contributed by atoms with E-state index in [0.717, 1.165) is 17.1 Å². The fourth-order valence-electron chi connectivity index (χ4n) is 2.85. The number of ether oxygens (including phenoxy) is 2. The first-order valence-corrected chi connectivity index (χ1v) is 9.47. The van der Waals surface area contributed by atoms with Crippen molar-refractivity contribution in [3.05, 3.63) is 96.1 Å². The molecule has 3 aromatic rings. The molecule has 0 radical (unpaired) electrons. The molecule has 0 aliphatic carbocycles. The largest absolute Gasteiger partial charge is 0.451 e. The summed E-state index contributed by atoms with van der Waals surface area (Å²) in [4.78, 5) is 0. The van der Waals surface area contributed by atoms with Crippen molar-refractivity contribution in [3.8, 4) is 11.5 Å². The Morgan fingerprint density at radius 1 is 0.593 bits per heavy atom. The first-order valence-electron chi connectivity index (χ1n) is 9.47. The lowest BCUT2D eigenvalue weighted by atomic mass is 9.78. The molecule has 0 N–H and O–H groups in total. The van der Waals surface area contributed by atoms with Gasteiger partial charge in [-0.15, -0.1) is 0 Å².